The molecule has 0 atom stereocenters. The molecule has 1 fully saturated rings. The summed E-state index contributed by atoms with van der Waals surface area (Å²) < 4.78 is 0. The molecule has 1 aliphatic carbocycles. The van der Waals surface area contributed by atoms with Crippen LogP contribution in [0.5, 0.6) is 0 Å². The van der Waals surface area contributed by atoms with Gasteiger partial charge >= 0.3 is 0 Å². The minimum Gasteiger partial charge on any atom is -0.335 e. The summed E-state index contributed by atoms with van der Waals surface area (Å²) in [6.45, 7) is 8.60. The Morgan fingerprint density at radius 2 is 1.71 bits per heavy atom. The quantitative estimate of drug-likeness (QED) is 0.527. The van der Waals surface area contributed by atoms with Gasteiger partial charge in [-0.3, -0.25) is 4.79 Å². The van der Waals surface area contributed by atoms with Gasteiger partial charge in [-0.25, -0.2) is 0 Å². The summed E-state index contributed by atoms with van der Waals surface area (Å²) in [5, 5.41) is 0. The second-order valence-electron chi connectivity index (χ2n) is 4.69. The maximum absolute atomic E-state index is 12.3. The Balaban J connectivity index is 2.50. The van der Waals surface area contributed by atoms with E-state index >= 15 is 0 Å². The van der Waals surface area contributed by atoms with E-state index in [4.69, 9.17) is 11.6 Å². The lowest BCUT2D eigenvalue weighted by Gasteiger charge is -2.30. The fraction of sp³-hybridized carbons (Fsp3) is 0.643. The first kappa shape index (κ1) is 14.3. The van der Waals surface area contributed by atoms with E-state index in [0.717, 1.165) is 31.6 Å². The summed E-state index contributed by atoms with van der Waals surface area (Å²) >= 11 is 5.85. The number of hydrogen-bond donors (Lipinski definition) is 0. The SMILES string of the molecule is C=CCN(CC=C)C(=O)C1CCC(CCl)CC1. The van der Waals surface area contributed by atoms with Crippen molar-refractivity contribution in [2.24, 2.45) is 11.8 Å². The predicted molar refractivity (Wildman–Crippen MR) is 73.1 cm³/mol. The summed E-state index contributed by atoms with van der Waals surface area (Å²) in [4.78, 5) is 14.1. The number of carbonyl (C=O) groups excluding carboxylic acids is 1. The summed E-state index contributed by atoms with van der Waals surface area (Å²) in [5.74, 6) is 1.75. The van der Waals surface area contributed by atoms with Gasteiger partial charge in [-0.1, -0.05) is 12.2 Å². The Bertz CT molecular complexity index is 259. The first-order chi connectivity index (χ1) is 8.22. The van der Waals surface area contributed by atoms with E-state index in [9.17, 15) is 4.79 Å². The lowest BCUT2D eigenvalue weighted by atomic mass is 9.82. The van der Waals surface area contributed by atoms with Gasteiger partial charge in [0.25, 0.3) is 0 Å². The standard InChI is InChI=1S/C14H22ClNO/c1-3-9-16(10-4-2)14(17)13-7-5-12(11-15)6-8-13/h3-4,12-13H,1-2,5-11H2. The van der Waals surface area contributed by atoms with Gasteiger partial charge in [0.15, 0.2) is 0 Å². The summed E-state index contributed by atoms with van der Waals surface area (Å²) in [6.07, 6.45) is 7.64. The second-order valence-corrected chi connectivity index (χ2v) is 5.00. The van der Waals surface area contributed by atoms with Crippen LogP contribution in [0.2, 0.25) is 0 Å². The van der Waals surface area contributed by atoms with Crippen molar-refractivity contribution in [1.82, 2.24) is 4.90 Å². The molecule has 0 radical (unpaired) electrons. The average molecular weight is 256 g/mol. The predicted octanol–water partition coefficient (Wildman–Crippen LogP) is 3.23. The normalized spacial score (nSPS) is 24.1. The van der Waals surface area contributed by atoms with Crippen molar-refractivity contribution in [2.45, 2.75) is 25.7 Å². The topological polar surface area (TPSA) is 20.3 Å². The van der Waals surface area contributed by atoms with Crippen molar-refractivity contribution in [2.75, 3.05) is 19.0 Å². The third-order valence-electron chi connectivity index (χ3n) is 3.42. The van der Waals surface area contributed by atoms with Crippen LogP contribution in [0.1, 0.15) is 25.7 Å². The Morgan fingerprint density at radius 1 is 1.18 bits per heavy atom. The van der Waals surface area contributed by atoms with Crippen molar-refractivity contribution in [3.8, 4) is 0 Å². The smallest absolute Gasteiger partial charge is 0.226 e. The second kappa shape index (κ2) is 7.54. The van der Waals surface area contributed by atoms with Crippen molar-refractivity contribution in [3.63, 3.8) is 0 Å². The summed E-state index contributed by atoms with van der Waals surface area (Å²) in [6, 6.07) is 0. The van der Waals surface area contributed by atoms with Crippen LogP contribution in [-0.2, 0) is 4.79 Å². The van der Waals surface area contributed by atoms with E-state index < -0.39 is 0 Å². The highest BCUT2D eigenvalue weighted by atomic mass is 35.5. The van der Waals surface area contributed by atoms with E-state index in [0.29, 0.717) is 19.0 Å². The zero-order chi connectivity index (χ0) is 12.7. The molecule has 0 aromatic heterocycles. The highest BCUT2D eigenvalue weighted by molar-refractivity contribution is 6.18. The third-order valence-corrected chi connectivity index (χ3v) is 3.86. The monoisotopic (exact) mass is 255 g/mol. The molecule has 0 N–H and O–H groups in total. The molecule has 0 bridgehead atoms. The van der Waals surface area contributed by atoms with Crippen LogP contribution in [0.15, 0.2) is 25.3 Å². The number of carbonyl (C=O) groups is 1. The largest absolute Gasteiger partial charge is 0.335 e. The number of halogens is 1. The number of amides is 1. The number of nitrogens with zero attached hydrogens (tertiary/aromatic N) is 1. The molecule has 1 rings (SSSR count). The molecule has 2 nitrogen and oxygen atoms in total. The van der Waals surface area contributed by atoms with Gasteiger partial charge in [-0.2, -0.15) is 0 Å². The highest BCUT2D eigenvalue weighted by Gasteiger charge is 2.28. The molecule has 17 heavy (non-hydrogen) atoms. The van der Waals surface area contributed by atoms with Crippen molar-refractivity contribution in [1.29, 1.82) is 0 Å². The molecule has 3 heteroatoms. The van der Waals surface area contributed by atoms with Gasteiger partial charge in [-0.15, -0.1) is 24.8 Å². The molecule has 1 saturated carbocycles. The molecule has 96 valence electrons. The first-order valence-electron chi connectivity index (χ1n) is 6.29. The number of rotatable bonds is 6. The van der Waals surface area contributed by atoms with Crippen LogP contribution >= 0.6 is 11.6 Å². The Hall–Kier alpha value is -0.760. The fourth-order valence-corrected chi connectivity index (χ4v) is 2.70. The Labute approximate surface area is 109 Å². The van der Waals surface area contributed by atoms with E-state index in [1.54, 1.807) is 12.2 Å². The minimum absolute atomic E-state index is 0.175. The summed E-state index contributed by atoms with van der Waals surface area (Å²) in [5.41, 5.74) is 0. The Kier molecular flexibility index (Phi) is 6.35. The van der Waals surface area contributed by atoms with Gasteiger partial charge in [0.05, 0.1) is 0 Å². The van der Waals surface area contributed by atoms with Gasteiger partial charge < -0.3 is 4.90 Å². The molecule has 1 aliphatic rings. The zero-order valence-corrected chi connectivity index (χ0v) is 11.2. The third kappa shape index (κ3) is 4.19. The van der Waals surface area contributed by atoms with E-state index in [1.807, 2.05) is 4.90 Å². The fourth-order valence-electron chi connectivity index (χ4n) is 2.39. The number of alkyl halides is 1. The molecule has 1 amide bonds. The molecule has 0 aliphatic heterocycles. The van der Waals surface area contributed by atoms with Gasteiger partial charge in [0.2, 0.25) is 5.91 Å². The molecule has 0 unspecified atom stereocenters. The van der Waals surface area contributed by atoms with Crippen molar-refractivity contribution < 1.29 is 4.79 Å². The number of hydrogen-bond acceptors (Lipinski definition) is 1. The maximum atomic E-state index is 12.3. The van der Waals surface area contributed by atoms with Gasteiger partial charge in [-0.05, 0) is 31.6 Å². The molecule has 0 aromatic carbocycles. The summed E-state index contributed by atoms with van der Waals surface area (Å²) in [7, 11) is 0. The van der Waals surface area contributed by atoms with Crippen LogP contribution < -0.4 is 0 Å². The van der Waals surface area contributed by atoms with Crippen LogP contribution in [0.4, 0.5) is 0 Å². The van der Waals surface area contributed by atoms with Crippen molar-refractivity contribution in [3.05, 3.63) is 25.3 Å². The lowest BCUT2D eigenvalue weighted by Crippen LogP contribution is -2.38. The van der Waals surface area contributed by atoms with Crippen LogP contribution in [0.3, 0.4) is 0 Å². The minimum atomic E-state index is 0.175. The average Bonchev–Trinajstić information content (AvgIpc) is 2.38. The Morgan fingerprint density at radius 3 is 2.12 bits per heavy atom. The highest BCUT2D eigenvalue weighted by Crippen LogP contribution is 2.30. The van der Waals surface area contributed by atoms with Crippen molar-refractivity contribution >= 4 is 17.5 Å². The van der Waals surface area contributed by atoms with Crippen LogP contribution in [0.25, 0.3) is 0 Å². The molecule has 0 aromatic rings. The van der Waals surface area contributed by atoms with Crippen LogP contribution in [-0.4, -0.2) is 29.8 Å². The molecular formula is C14H22ClNO. The van der Waals surface area contributed by atoms with E-state index in [-0.39, 0.29) is 11.8 Å². The van der Waals surface area contributed by atoms with E-state index in [1.165, 1.54) is 0 Å². The van der Waals surface area contributed by atoms with Gasteiger partial charge in [0.1, 0.15) is 0 Å². The molecule has 0 spiro atoms. The van der Waals surface area contributed by atoms with E-state index in [2.05, 4.69) is 13.2 Å². The molecular weight excluding hydrogens is 234 g/mol. The van der Waals surface area contributed by atoms with Crippen LogP contribution in [0, 0.1) is 11.8 Å². The lowest BCUT2D eigenvalue weighted by molar-refractivity contribution is -0.135. The first-order valence-corrected chi connectivity index (χ1v) is 6.82. The molecule has 0 saturated heterocycles. The molecule has 0 heterocycles. The zero-order valence-electron chi connectivity index (χ0n) is 10.4. The van der Waals surface area contributed by atoms with Gasteiger partial charge in [0, 0.05) is 24.9 Å². The maximum Gasteiger partial charge on any atom is 0.226 e.